The van der Waals surface area contributed by atoms with Gasteiger partial charge in [0.2, 0.25) is 0 Å². The Hall–Kier alpha value is -2.39. The van der Waals surface area contributed by atoms with E-state index in [1.807, 2.05) is 6.07 Å². The summed E-state index contributed by atoms with van der Waals surface area (Å²) in [6.07, 6.45) is 13.3. The number of aromatic hydroxyl groups is 1. The van der Waals surface area contributed by atoms with Crippen LogP contribution < -0.4 is 9.80 Å². The van der Waals surface area contributed by atoms with Crippen molar-refractivity contribution < 1.29 is 26.2 Å². The van der Waals surface area contributed by atoms with Crippen LogP contribution >= 0.6 is 0 Å². The van der Waals surface area contributed by atoms with Gasteiger partial charge in [0.05, 0.1) is 0 Å². The summed E-state index contributed by atoms with van der Waals surface area (Å²) in [4.78, 5) is 8.73. The minimum atomic E-state index is 0. The first-order chi connectivity index (χ1) is 15.2. The monoisotopic (exact) mass is 612 g/mol. The number of para-hydroxylation sites is 1. The maximum atomic E-state index is 8.63. The number of phenols is 1. The van der Waals surface area contributed by atoms with E-state index in [2.05, 4.69) is 95.8 Å². The molecule has 0 spiro atoms. The molecule has 2 aromatic carbocycles. The van der Waals surface area contributed by atoms with Crippen LogP contribution in [-0.2, 0) is 21.1 Å². The quantitative estimate of drug-likeness (QED) is 0.376. The normalized spacial score (nSPS) is 14.4. The van der Waals surface area contributed by atoms with Gasteiger partial charge in [0.1, 0.15) is 5.75 Å². The smallest absolute Gasteiger partial charge is 0.115 e. The van der Waals surface area contributed by atoms with Crippen LogP contribution in [0.25, 0.3) is 0 Å². The molecule has 0 aromatic heterocycles. The molecule has 0 bridgehead atoms. The van der Waals surface area contributed by atoms with Crippen LogP contribution in [0, 0.1) is 19.4 Å². The molecule has 0 fully saturated rings. The van der Waals surface area contributed by atoms with E-state index < -0.39 is 0 Å². The van der Waals surface area contributed by atoms with Crippen LogP contribution in [0.3, 0.4) is 0 Å². The van der Waals surface area contributed by atoms with Gasteiger partial charge in [0, 0.05) is 21.1 Å². The Balaban J connectivity index is 0.000000388. The van der Waals surface area contributed by atoms with Gasteiger partial charge in [0.25, 0.3) is 0 Å². The number of rotatable bonds is 8. The second-order valence-electron chi connectivity index (χ2n) is 7.58. The number of anilines is 2. The Morgan fingerprint density at radius 3 is 1.62 bits per heavy atom. The van der Waals surface area contributed by atoms with Crippen molar-refractivity contribution in [2.75, 3.05) is 22.9 Å². The maximum absolute atomic E-state index is 8.63. The van der Waals surface area contributed by atoms with Crippen molar-refractivity contribution in [3.63, 3.8) is 0 Å². The first kappa shape index (κ1) is 25.9. The average molecular weight is 613 g/mol. The molecule has 0 unspecified atom stereocenters. The van der Waals surface area contributed by atoms with E-state index in [0.29, 0.717) is 5.75 Å². The molecule has 0 aliphatic carbocycles. The van der Waals surface area contributed by atoms with Crippen LogP contribution in [-0.4, -0.2) is 28.0 Å². The molecule has 176 valence electrons. The van der Waals surface area contributed by atoms with E-state index >= 15 is 0 Å². The number of phenolic OH excluding ortho intramolecular Hbond substituents is 1. The van der Waals surface area contributed by atoms with Gasteiger partial charge < -0.3 is 24.7 Å². The van der Waals surface area contributed by atoms with Gasteiger partial charge in [-0.15, -0.1) is 29.6 Å². The van der Waals surface area contributed by atoms with Crippen molar-refractivity contribution in [3.8, 4) is 5.75 Å². The SMILES string of the molecule is CCCCN1C=CN(c2[c-]c(N3C=CN(CCCC)[CH-]3)ccc2)[CH-]1.Oc1ccccc1.[Pt]. The molecule has 32 heavy (non-hydrogen) atoms. The van der Waals surface area contributed by atoms with Crippen LogP contribution in [0.5, 0.6) is 5.75 Å². The second-order valence-corrected chi connectivity index (χ2v) is 7.58. The average Bonchev–Trinajstić information content (AvgIpc) is 3.47. The molecule has 0 radical (unpaired) electrons. The third kappa shape index (κ3) is 7.94. The Labute approximate surface area is 207 Å². The number of benzene rings is 2. The van der Waals surface area contributed by atoms with E-state index in [1.54, 1.807) is 24.3 Å². The fraction of sp³-hybridized carbons (Fsp3) is 0.308. The Morgan fingerprint density at radius 1 is 0.719 bits per heavy atom. The van der Waals surface area contributed by atoms with Crippen LogP contribution in [0.4, 0.5) is 11.4 Å². The molecule has 6 heteroatoms. The molecule has 0 saturated heterocycles. The van der Waals surface area contributed by atoms with Gasteiger partial charge in [-0.3, -0.25) is 0 Å². The zero-order chi connectivity index (χ0) is 21.9. The molecule has 0 amide bonds. The second kappa shape index (κ2) is 13.9. The van der Waals surface area contributed by atoms with Crippen LogP contribution in [0.15, 0.2) is 73.3 Å². The van der Waals surface area contributed by atoms with Gasteiger partial charge in [-0.05, 0) is 62.9 Å². The van der Waals surface area contributed by atoms with E-state index in [0.717, 1.165) is 24.5 Å². The number of nitrogens with zero attached hydrogens (tertiary/aromatic N) is 4. The fourth-order valence-corrected chi connectivity index (χ4v) is 3.19. The van der Waals surface area contributed by atoms with Crippen molar-refractivity contribution in [3.05, 3.63) is 92.7 Å². The molecule has 0 atom stereocenters. The minimum Gasteiger partial charge on any atom is -0.508 e. The van der Waals surface area contributed by atoms with Gasteiger partial charge in [-0.2, -0.15) is 19.4 Å². The predicted molar refractivity (Wildman–Crippen MR) is 128 cm³/mol. The molecule has 5 nitrogen and oxygen atoms in total. The maximum Gasteiger partial charge on any atom is 0.115 e. The standard InChI is InChI=1S/C20H27N4.C6H6O.Pt/c1-3-5-10-21-12-14-23(17-21)19-8-7-9-20(16-19)24-15-13-22(18-24)11-6-4-2;7-6-4-2-1-3-5-6;/h7-9,12-15,17-18H,3-6,10-11H2,1-2H3;1-5,7H;/q-3;;. The van der Waals surface area contributed by atoms with Crippen LogP contribution in [0.1, 0.15) is 39.5 Å². The fourth-order valence-electron chi connectivity index (χ4n) is 3.19. The molecule has 2 aliphatic heterocycles. The van der Waals surface area contributed by atoms with Crippen LogP contribution in [0.2, 0.25) is 0 Å². The van der Waals surface area contributed by atoms with Crippen molar-refractivity contribution in [2.45, 2.75) is 39.5 Å². The van der Waals surface area contributed by atoms with Gasteiger partial charge in [-0.25, -0.2) is 0 Å². The summed E-state index contributed by atoms with van der Waals surface area (Å²) >= 11 is 0. The van der Waals surface area contributed by atoms with E-state index in [9.17, 15) is 0 Å². The third-order valence-corrected chi connectivity index (χ3v) is 5.00. The van der Waals surface area contributed by atoms with Crippen molar-refractivity contribution in [2.24, 2.45) is 0 Å². The summed E-state index contributed by atoms with van der Waals surface area (Å²) in [7, 11) is 0. The first-order valence-electron chi connectivity index (χ1n) is 11.1. The molecular formula is C26H33N4OPt-3. The Kier molecular flexibility index (Phi) is 11.2. The largest absolute Gasteiger partial charge is 0.508 e. The predicted octanol–water partition coefficient (Wildman–Crippen LogP) is 5.90. The number of hydrogen-bond donors (Lipinski definition) is 1. The van der Waals surface area contributed by atoms with E-state index in [-0.39, 0.29) is 21.1 Å². The van der Waals surface area contributed by atoms with E-state index in [1.165, 1.54) is 25.7 Å². The molecule has 0 saturated carbocycles. The summed E-state index contributed by atoms with van der Waals surface area (Å²) in [6, 6.07) is 18.5. The zero-order valence-electron chi connectivity index (χ0n) is 18.9. The topological polar surface area (TPSA) is 33.2 Å². The van der Waals surface area contributed by atoms with Crippen molar-refractivity contribution >= 4 is 11.4 Å². The molecule has 4 rings (SSSR count). The molecule has 2 heterocycles. The summed E-state index contributed by atoms with van der Waals surface area (Å²) in [5.74, 6) is 0.322. The summed E-state index contributed by atoms with van der Waals surface area (Å²) in [5.41, 5.74) is 2.13. The Morgan fingerprint density at radius 2 is 1.22 bits per heavy atom. The van der Waals surface area contributed by atoms with Crippen molar-refractivity contribution in [1.82, 2.24) is 9.80 Å². The summed E-state index contributed by atoms with van der Waals surface area (Å²) < 4.78 is 0. The zero-order valence-corrected chi connectivity index (χ0v) is 21.2. The summed E-state index contributed by atoms with van der Waals surface area (Å²) in [6.45, 7) is 10.9. The van der Waals surface area contributed by atoms with Gasteiger partial charge in [-0.1, -0.05) is 44.9 Å². The first-order valence-corrected chi connectivity index (χ1v) is 11.1. The van der Waals surface area contributed by atoms with E-state index in [4.69, 9.17) is 5.11 Å². The molecule has 2 aliphatic rings. The summed E-state index contributed by atoms with van der Waals surface area (Å²) in [5, 5.41) is 8.63. The van der Waals surface area contributed by atoms with Gasteiger partial charge in [0.15, 0.2) is 0 Å². The molecule has 2 aromatic rings. The number of hydrogen-bond acceptors (Lipinski definition) is 5. The van der Waals surface area contributed by atoms with Crippen molar-refractivity contribution in [1.29, 1.82) is 0 Å². The molecule has 1 N–H and O–H groups in total. The third-order valence-electron chi connectivity index (χ3n) is 5.00. The molecular weight excluding hydrogens is 579 g/mol. The minimum absolute atomic E-state index is 0. The van der Waals surface area contributed by atoms with Gasteiger partial charge >= 0.3 is 0 Å². The number of unbranched alkanes of at least 4 members (excludes halogenated alkanes) is 2. The Bertz CT molecular complexity index is 795.